The number of morpholine rings is 1. The highest BCUT2D eigenvalue weighted by Gasteiger charge is 2.27. The van der Waals surface area contributed by atoms with Gasteiger partial charge in [0.05, 0.1) is 38.5 Å². The van der Waals surface area contributed by atoms with Crippen molar-refractivity contribution in [2.75, 3.05) is 39.4 Å². The topological polar surface area (TPSA) is 63.5 Å². The van der Waals surface area contributed by atoms with E-state index in [1.54, 1.807) is 29.4 Å². The maximum absolute atomic E-state index is 13.5. The zero-order valence-corrected chi connectivity index (χ0v) is 18.2. The number of fused-ring (bicyclic) bond motifs is 1. The van der Waals surface area contributed by atoms with Gasteiger partial charge in [0.2, 0.25) is 0 Å². The summed E-state index contributed by atoms with van der Waals surface area (Å²) in [6.07, 6.45) is 3.47. The Morgan fingerprint density at radius 1 is 1.00 bits per heavy atom. The summed E-state index contributed by atoms with van der Waals surface area (Å²) in [5.41, 5.74) is 4.42. The van der Waals surface area contributed by atoms with Gasteiger partial charge in [-0.1, -0.05) is 5.92 Å². The second kappa shape index (κ2) is 9.53. The number of rotatable bonds is 3. The first-order valence-corrected chi connectivity index (χ1v) is 11.0. The van der Waals surface area contributed by atoms with Crippen LogP contribution < -0.4 is 0 Å². The van der Waals surface area contributed by atoms with Crippen LogP contribution in [0.3, 0.4) is 0 Å². The van der Waals surface area contributed by atoms with Crippen molar-refractivity contribution in [2.24, 2.45) is 0 Å². The molecule has 0 N–H and O–H groups in total. The second-order valence-electron chi connectivity index (χ2n) is 8.05. The lowest BCUT2D eigenvalue weighted by molar-refractivity contribution is -0.126. The maximum Gasteiger partial charge on any atom is 0.298 e. The van der Waals surface area contributed by atoms with Crippen LogP contribution in [0.1, 0.15) is 5.69 Å². The van der Waals surface area contributed by atoms with Crippen molar-refractivity contribution in [1.82, 2.24) is 24.6 Å². The van der Waals surface area contributed by atoms with E-state index in [1.807, 2.05) is 16.8 Å². The van der Waals surface area contributed by atoms with Crippen LogP contribution in [-0.4, -0.2) is 69.9 Å². The Balaban J connectivity index is 1.42. The van der Waals surface area contributed by atoms with Gasteiger partial charge in [-0.15, -0.1) is 0 Å². The highest BCUT2D eigenvalue weighted by Crippen LogP contribution is 2.36. The number of benzene rings is 1. The Hall–Kier alpha value is -3.54. The molecule has 1 amide bonds. The summed E-state index contributed by atoms with van der Waals surface area (Å²) >= 11 is 0. The van der Waals surface area contributed by atoms with E-state index in [9.17, 15) is 9.18 Å². The van der Waals surface area contributed by atoms with Gasteiger partial charge in [-0.3, -0.25) is 19.4 Å². The largest absolute Gasteiger partial charge is 0.379 e. The summed E-state index contributed by atoms with van der Waals surface area (Å²) in [5, 5.41) is 4.83. The molecule has 0 atom stereocenters. The number of hydrogen-bond donors (Lipinski definition) is 0. The normalized spacial score (nSPS) is 16.1. The molecule has 0 bridgehead atoms. The first-order valence-electron chi connectivity index (χ1n) is 11.0. The molecule has 0 saturated carbocycles. The van der Waals surface area contributed by atoms with Gasteiger partial charge in [0, 0.05) is 43.2 Å². The number of nitrogens with zero attached hydrogens (tertiary/aromatic N) is 5. The predicted molar refractivity (Wildman–Crippen MR) is 121 cm³/mol. The lowest BCUT2D eigenvalue weighted by Gasteiger charge is -2.27. The molecule has 168 valence electrons. The number of amides is 1. The third-order valence-electron chi connectivity index (χ3n) is 5.96. The van der Waals surface area contributed by atoms with Crippen molar-refractivity contribution in [1.29, 1.82) is 0 Å². The molecule has 8 heteroatoms. The lowest BCUT2D eigenvalue weighted by Crippen LogP contribution is -2.38. The van der Waals surface area contributed by atoms with Crippen LogP contribution in [0.25, 0.3) is 22.4 Å². The van der Waals surface area contributed by atoms with Crippen LogP contribution in [0.5, 0.6) is 0 Å². The Labute approximate surface area is 191 Å². The van der Waals surface area contributed by atoms with Gasteiger partial charge < -0.3 is 9.64 Å². The van der Waals surface area contributed by atoms with Crippen molar-refractivity contribution < 1.29 is 13.9 Å². The fourth-order valence-electron chi connectivity index (χ4n) is 4.19. The van der Waals surface area contributed by atoms with Gasteiger partial charge in [0.1, 0.15) is 11.5 Å². The first-order chi connectivity index (χ1) is 16.2. The summed E-state index contributed by atoms with van der Waals surface area (Å²) in [4.78, 5) is 20.9. The van der Waals surface area contributed by atoms with E-state index in [2.05, 4.69) is 21.7 Å². The SMILES string of the molecule is O=C(C#CCN1CCOCC1)N1CCn2nc(-c3ccc(F)cc3)c(-c3ccncc3)c2C1. The van der Waals surface area contributed by atoms with E-state index in [4.69, 9.17) is 9.84 Å². The fourth-order valence-corrected chi connectivity index (χ4v) is 4.19. The number of ether oxygens (including phenoxy) is 1. The molecule has 0 spiro atoms. The minimum Gasteiger partial charge on any atom is -0.379 e. The highest BCUT2D eigenvalue weighted by molar-refractivity contribution is 5.94. The molecule has 1 saturated heterocycles. The molecule has 3 aromatic rings. The first kappa shape index (κ1) is 21.3. The second-order valence-corrected chi connectivity index (χ2v) is 8.05. The smallest absolute Gasteiger partial charge is 0.298 e. The number of halogens is 1. The Morgan fingerprint density at radius 3 is 2.52 bits per heavy atom. The van der Waals surface area contributed by atoms with E-state index in [0.29, 0.717) is 39.4 Å². The third kappa shape index (κ3) is 4.65. The summed E-state index contributed by atoms with van der Waals surface area (Å²) in [5.74, 6) is 5.36. The van der Waals surface area contributed by atoms with Gasteiger partial charge in [0.15, 0.2) is 0 Å². The zero-order valence-electron chi connectivity index (χ0n) is 18.2. The van der Waals surface area contributed by atoms with Gasteiger partial charge in [-0.25, -0.2) is 4.39 Å². The molecule has 1 fully saturated rings. The molecule has 1 aromatic carbocycles. The average Bonchev–Trinajstić information content (AvgIpc) is 3.24. The minimum atomic E-state index is -0.291. The molecule has 7 nitrogen and oxygen atoms in total. The molecule has 33 heavy (non-hydrogen) atoms. The minimum absolute atomic E-state index is 0.181. The molecular weight excluding hydrogens is 421 g/mol. The summed E-state index contributed by atoms with van der Waals surface area (Å²) < 4.78 is 20.8. The molecular formula is C25H24FN5O2. The summed E-state index contributed by atoms with van der Waals surface area (Å²) in [6.45, 7) is 5.19. The van der Waals surface area contributed by atoms with Crippen molar-refractivity contribution in [3.05, 3.63) is 60.3 Å². The lowest BCUT2D eigenvalue weighted by atomic mass is 9.99. The van der Waals surface area contributed by atoms with Crippen molar-refractivity contribution in [3.8, 4) is 34.2 Å². The van der Waals surface area contributed by atoms with Crippen LogP contribution in [0.4, 0.5) is 4.39 Å². The van der Waals surface area contributed by atoms with Crippen LogP contribution >= 0.6 is 0 Å². The molecule has 2 aliphatic heterocycles. The van der Waals surface area contributed by atoms with E-state index >= 15 is 0 Å². The van der Waals surface area contributed by atoms with Crippen LogP contribution in [0.15, 0.2) is 48.8 Å². The van der Waals surface area contributed by atoms with E-state index < -0.39 is 0 Å². The van der Waals surface area contributed by atoms with Gasteiger partial charge in [-0.05, 0) is 47.9 Å². The Morgan fingerprint density at radius 2 is 1.76 bits per heavy atom. The third-order valence-corrected chi connectivity index (χ3v) is 5.96. The molecule has 0 radical (unpaired) electrons. The van der Waals surface area contributed by atoms with E-state index in [1.165, 1.54) is 12.1 Å². The maximum atomic E-state index is 13.5. The number of hydrogen-bond acceptors (Lipinski definition) is 5. The Bertz CT molecular complexity index is 1190. The van der Waals surface area contributed by atoms with Gasteiger partial charge in [-0.2, -0.15) is 5.10 Å². The summed E-state index contributed by atoms with van der Waals surface area (Å²) in [6, 6.07) is 10.2. The van der Waals surface area contributed by atoms with Crippen molar-refractivity contribution in [3.63, 3.8) is 0 Å². The monoisotopic (exact) mass is 445 g/mol. The Kier molecular flexibility index (Phi) is 6.15. The molecule has 0 unspecified atom stereocenters. The summed E-state index contributed by atoms with van der Waals surface area (Å²) in [7, 11) is 0. The fraction of sp³-hybridized carbons (Fsp3) is 0.320. The van der Waals surface area contributed by atoms with Crippen molar-refractivity contribution >= 4 is 5.91 Å². The number of aromatic nitrogens is 3. The van der Waals surface area contributed by atoms with Gasteiger partial charge >= 0.3 is 0 Å². The number of pyridine rings is 1. The quantitative estimate of drug-likeness (QED) is 0.580. The van der Waals surface area contributed by atoms with Crippen LogP contribution in [0, 0.1) is 17.7 Å². The van der Waals surface area contributed by atoms with Gasteiger partial charge in [0.25, 0.3) is 5.91 Å². The van der Waals surface area contributed by atoms with Crippen LogP contribution in [0.2, 0.25) is 0 Å². The number of carbonyl (C=O) groups excluding carboxylic acids is 1. The zero-order chi connectivity index (χ0) is 22.6. The molecule has 4 heterocycles. The molecule has 2 aromatic heterocycles. The highest BCUT2D eigenvalue weighted by atomic mass is 19.1. The molecule has 2 aliphatic rings. The predicted octanol–water partition coefficient (Wildman–Crippen LogP) is 2.43. The molecule has 5 rings (SSSR count). The average molecular weight is 445 g/mol. The van der Waals surface area contributed by atoms with Crippen LogP contribution in [-0.2, 0) is 22.6 Å². The standard InChI is InChI=1S/C25H24FN5O2/c26-21-5-3-20(4-6-21)25-24(19-7-9-27-10-8-19)22-18-30(12-13-31(22)28-25)23(32)2-1-11-29-14-16-33-17-15-29/h3-10H,11-18H2. The van der Waals surface area contributed by atoms with Crippen molar-refractivity contribution in [2.45, 2.75) is 13.1 Å². The molecule has 0 aliphatic carbocycles. The van der Waals surface area contributed by atoms with E-state index in [0.717, 1.165) is 41.2 Å². The number of carbonyl (C=O) groups is 1. The van der Waals surface area contributed by atoms with E-state index in [-0.39, 0.29) is 11.7 Å².